The lowest BCUT2D eigenvalue weighted by Gasteiger charge is -2.05. The van der Waals surface area contributed by atoms with E-state index in [0.717, 1.165) is 0 Å². The summed E-state index contributed by atoms with van der Waals surface area (Å²) in [5.41, 5.74) is 5.50. The Morgan fingerprint density at radius 2 is 2.12 bits per heavy atom. The topological polar surface area (TPSA) is 96.4 Å². The first-order valence-corrected chi connectivity index (χ1v) is 5.23. The van der Waals surface area contributed by atoms with E-state index in [9.17, 15) is 15.0 Å². The van der Waals surface area contributed by atoms with Gasteiger partial charge in [-0.05, 0) is 12.1 Å². The van der Waals surface area contributed by atoms with Gasteiger partial charge in [-0.15, -0.1) is 11.3 Å². The molecule has 0 aliphatic rings. The van der Waals surface area contributed by atoms with Gasteiger partial charge in [-0.25, -0.2) is 4.98 Å². The zero-order valence-corrected chi connectivity index (χ0v) is 8.86. The molecule has 1 amide bonds. The number of carbonyl (C=O) groups excluding carboxylic acids is 1. The van der Waals surface area contributed by atoms with Crippen LogP contribution in [-0.4, -0.2) is 21.1 Å². The van der Waals surface area contributed by atoms with E-state index in [2.05, 4.69) is 4.98 Å². The van der Waals surface area contributed by atoms with Crippen LogP contribution in [0.3, 0.4) is 0 Å². The van der Waals surface area contributed by atoms with Gasteiger partial charge in [-0.1, -0.05) is 0 Å². The fraction of sp³-hybridized carbons (Fsp3) is 0. The maximum atomic E-state index is 11.0. The Kier molecular flexibility index (Phi) is 2.49. The third-order valence-electron chi connectivity index (χ3n) is 2.03. The SMILES string of the molecule is NC(=O)c1cc(-c2nccs2)cc(O)c1O. The number of aromatic hydroxyl groups is 2. The molecule has 0 bridgehead atoms. The van der Waals surface area contributed by atoms with E-state index >= 15 is 0 Å². The van der Waals surface area contributed by atoms with Crippen LogP contribution in [0.25, 0.3) is 10.6 Å². The Morgan fingerprint density at radius 3 is 2.69 bits per heavy atom. The molecule has 6 heteroatoms. The fourth-order valence-electron chi connectivity index (χ4n) is 1.30. The maximum Gasteiger partial charge on any atom is 0.252 e. The Hall–Kier alpha value is -2.08. The number of phenolic OH excluding ortho intramolecular Hbond substituents is 1. The number of thiazole rings is 1. The van der Waals surface area contributed by atoms with Crippen molar-refractivity contribution in [3.63, 3.8) is 0 Å². The molecular weight excluding hydrogens is 228 g/mol. The number of rotatable bonds is 2. The molecule has 82 valence electrons. The molecule has 1 aromatic carbocycles. The van der Waals surface area contributed by atoms with Gasteiger partial charge >= 0.3 is 0 Å². The van der Waals surface area contributed by atoms with Gasteiger partial charge in [-0.3, -0.25) is 4.79 Å². The normalized spacial score (nSPS) is 10.2. The predicted molar refractivity (Wildman–Crippen MR) is 59.4 cm³/mol. The summed E-state index contributed by atoms with van der Waals surface area (Å²) in [6, 6.07) is 2.73. The molecule has 2 aromatic rings. The number of hydrogen-bond acceptors (Lipinski definition) is 5. The number of hydrogen-bond donors (Lipinski definition) is 3. The summed E-state index contributed by atoms with van der Waals surface area (Å²) in [5, 5.41) is 21.3. The third kappa shape index (κ3) is 1.70. The average Bonchev–Trinajstić information content (AvgIpc) is 2.74. The highest BCUT2D eigenvalue weighted by atomic mass is 32.1. The van der Waals surface area contributed by atoms with Crippen LogP contribution in [0.4, 0.5) is 0 Å². The van der Waals surface area contributed by atoms with Crippen LogP contribution in [0.1, 0.15) is 10.4 Å². The van der Waals surface area contributed by atoms with Crippen LogP contribution < -0.4 is 5.73 Å². The molecule has 0 spiro atoms. The predicted octanol–water partition coefficient (Wildman–Crippen LogP) is 1.32. The highest BCUT2D eigenvalue weighted by Crippen LogP contribution is 2.34. The number of nitrogens with zero attached hydrogens (tertiary/aromatic N) is 1. The van der Waals surface area contributed by atoms with Crippen molar-refractivity contribution in [3.8, 4) is 22.1 Å². The lowest BCUT2D eigenvalue weighted by molar-refractivity contribution is 0.0997. The van der Waals surface area contributed by atoms with Crippen LogP contribution in [0, 0.1) is 0 Å². The lowest BCUT2D eigenvalue weighted by Crippen LogP contribution is -2.11. The van der Waals surface area contributed by atoms with Gasteiger partial charge in [0.25, 0.3) is 5.91 Å². The Bertz CT molecular complexity index is 537. The number of primary amides is 1. The van der Waals surface area contributed by atoms with Gasteiger partial charge in [0.1, 0.15) is 5.01 Å². The molecule has 0 aliphatic heterocycles. The van der Waals surface area contributed by atoms with Crippen molar-refractivity contribution in [2.45, 2.75) is 0 Å². The van der Waals surface area contributed by atoms with Crippen molar-refractivity contribution >= 4 is 17.2 Å². The minimum atomic E-state index is -0.800. The molecule has 5 nitrogen and oxygen atoms in total. The molecule has 16 heavy (non-hydrogen) atoms. The van der Waals surface area contributed by atoms with E-state index in [0.29, 0.717) is 10.6 Å². The van der Waals surface area contributed by atoms with Crippen LogP contribution in [0.15, 0.2) is 23.7 Å². The molecule has 0 radical (unpaired) electrons. The van der Waals surface area contributed by atoms with Crippen molar-refractivity contribution in [1.29, 1.82) is 0 Å². The number of aromatic nitrogens is 1. The van der Waals surface area contributed by atoms with Gasteiger partial charge in [0, 0.05) is 17.1 Å². The van der Waals surface area contributed by atoms with E-state index < -0.39 is 11.7 Å². The maximum absolute atomic E-state index is 11.0. The molecule has 0 saturated heterocycles. The van der Waals surface area contributed by atoms with Gasteiger partial charge in [0.15, 0.2) is 11.5 Å². The van der Waals surface area contributed by atoms with E-state index in [4.69, 9.17) is 5.73 Å². The van der Waals surface area contributed by atoms with E-state index in [1.165, 1.54) is 23.5 Å². The summed E-state index contributed by atoms with van der Waals surface area (Å²) < 4.78 is 0. The van der Waals surface area contributed by atoms with E-state index in [-0.39, 0.29) is 11.3 Å². The number of nitrogens with two attached hydrogens (primary N) is 1. The van der Waals surface area contributed by atoms with Crippen LogP contribution >= 0.6 is 11.3 Å². The standard InChI is InChI=1S/C10H8N2O3S/c11-9(15)6-3-5(4-7(13)8(6)14)10-12-1-2-16-10/h1-4,13-14H,(H2,11,15). The smallest absolute Gasteiger partial charge is 0.252 e. The van der Waals surface area contributed by atoms with Crippen molar-refractivity contribution in [3.05, 3.63) is 29.3 Å². The zero-order valence-electron chi connectivity index (χ0n) is 8.04. The van der Waals surface area contributed by atoms with Crippen LogP contribution in [0.2, 0.25) is 0 Å². The minimum Gasteiger partial charge on any atom is -0.504 e. The van der Waals surface area contributed by atoms with E-state index in [1.54, 1.807) is 11.6 Å². The quantitative estimate of drug-likeness (QED) is 0.685. The highest BCUT2D eigenvalue weighted by Gasteiger charge is 2.15. The Labute approximate surface area is 94.8 Å². The second-order valence-electron chi connectivity index (χ2n) is 3.09. The third-order valence-corrected chi connectivity index (χ3v) is 2.86. The second kappa shape index (κ2) is 3.82. The van der Waals surface area contributed by atoms with Crippen molar-refractivity contribution < 1.29 is 15.0 Å². The lowest BCUT2D eigenvalue weighted by atomic mass is 10.1. The Morgan fingerprint density at radius 1 is 1.38 bits per heavy atom. The summed E-state index contributed by atoms with van der Waals surface area (Å²) in [6.45, 7) is 0. The largest absolute Gasteiger partial charge is 0.504 e. The van der Waals surface area contributed by atoms with Gasteiger partial charge < -0.3 is 15.9 Å². The summed E-state index contributed by atoms with van der Waals surface area (Å²) in [4.78, 5) is 15.1. The van der Waals surface area contributed by atoms with Gasteiger partial charge in [0.2, 0.25) is 0 Å². The first-order valence-electron chi connectivity index (χ1n) is 4.35. The van der Waals surface area contributed by atoms with Gasteiger partial charge in [-0.2, -0.15) is 0 Å². The average molecular weight is 236 g/mol. The number of amides is 1. The second-order valence-corrected chi connectivity index (χ2v) is 3.99. The van der Waals surface area contributed by atoms with Crippen LogP contribution in [-0.2, 0) is 0 Å². The molecule has 0 atom stereocenters. The highest BCUT2D eigenvalue weighted by molar-refractivity contribution is 7.13. The van der Waals surface area contributed by atoms with E-state index in [1.807, 2.05) is 0 Å². The molecule has 0 unspecified atom stereocenters. The molecule has 0 saturated carbocycles. The summed E-state index contributed by atoms with van der Waals surface area (Å²) >= 11 is 1.36. The van der Waals surface area contributed by atoms with Crippen LogP contribution in [0.5, 0.6) is 11.5 Å². The monoisotopic (exact) mass is 236 g/mol. The molecular formula is C10H8N2O3S. The first kappa shape index (κ1) is 10.4. The molecule has 2 rings (SSSR count). The number of benzene rings is 1. The van der Waals surface area contributed by atoms with Crippen molar-refractivity contribution in [2.75, 3.05) is 0 Å². The summed E-state index contributed by atoms with van der Waals surface area (Å²) in [6.07, 6.45) is 1.61. The molecule has 1 aromatic heterocycles. The fourth-order valence-corrected chi connectivity index (χ4v) is 1.92. The molecule has 0 fully saturated rings. The van der Waals surface area contributed by atoms with Crippen molar-refractivity contribution in [1.82, 2.24) is 4.98 Å². The molecule has 4 N–H and O–H groups in total. The van der Waals surface area contributed by atoms with Crippen molar-refractivity contribution in [2.24, 2.45) is 5.73 Å². The first-order chi connectivity index (χ1) is 7.59. The molecule has 1 heterocycles. The number of phenols is 2. The zero-order chi connectivity index (χ0) is 11.7. The minimum absolute atomic E-state index is 0.120. The molecule has 0 aliphatic carbocycles. The summed E-state index contributed by atoms with van der Waals surface area (Å²) in [5.74, 6) is -1.69. The number of carbonyl (C=O) groups is 1. The summed E-state index contributed by atoms with van der Waals surface area (Å²) in [7, 11) is 0. The Balaban J connectivity index is 2.62. The van der Waals surface area contributed by atoms with Gasteiger partial charge in [0.05, 0.1) is 5.56 Å².